The van der Waals surface area contributed by atoms with E-state index in [0.717, 1.165) is 25.9 Å². The second kappa shape index (κ2) is 6.97. The monoisotopic (exact) mass is 241 g/mol. The van der Waals surface area contributed by atoms with Gasteiger partial charge in [-0.05, 0) is 32.2 Å². The summed E-state index contributed by atoms with van der Waals surface area (Å²) in [5.41, 5.74) is 5.40. The normalized spacial score (nSPS) is 23.7. The van der Waals surface area contributed by atoms with Gasteiger partial charge < -0.3 is 11.1 Å². The summed E-state index contributed by atoms with van der Waals surface area (Å²) < 4.78 is 0. The first kappa shape index (κ1) is 14.5. The Morgan fingerprint density at radius 2 is 2.18 bits per heavy atom. The van der Waals surface area contributed by atoms with E-state index in [1.54, 1.807) is 0 Å². The van der Waals surface area contributed by atoms with Gasteiger partial charge in [0, 0.05) is 25.7 Å². The third kappa shape index (κ3) is 4.28. The van der Waals surface area contributed by atoms with Crippen molar-refractivity contribution in [1.29, 1.82) is 0 Å². The van der Waals surface area contributed by atoms with Crippen molar-refractivity contribution in [2.24, 2.45) is 17.6 Å². The predicted molar refractivity (Wildman–Crippen MR) is 70.7 cm³/mol. The minimum Gasteiger partial charge on any atom is -0.355 e. The lowest BCUT2D eigenvalue weighted by molar-refractivity contribution is -0.127. The van der Waals surface area contributed by atoms with Crippen molar-refractivity contribution in [3.63, 3.8) is 0 Å². The minimum absolute atomic E-state index is 0.150. The third-order valence-corrected chi connectivity index (χ3v) is 3.81. The summed E-state index contributed by atoms with van der Waals surface area (Å²) in [6.07, 6.45) is 2.13. The molecular weight excluding hydrogens is 214 g/mol. The van der Waals surface area contributed by atoms with E-state index in [0.29, 0.717) is 25.0 Å². The Labute approximate surface area is 105 Å². The van der Waals surface area contributed by atoms with Crippen LogP contribution in [0.15, 0.2) is 0 Å². The van der Waals surface area contributed by atoms with E-state index in [4.69, 9.17) is 5.73 Å². The van der Waals surface area contributed by atoms with Gasteiger partial charge in [0.15, 0.2) is 0 Å². The lowest BCUT2D eigenvalue weighted by Gasteiger charge is -2.38. The highest BCUT2D eigenvalue weighted by Gasteiger charge is 2.28. The zero-order chi connectivity index (χ0) is 12.8. The minimum atomic E-state index is 0.150. The molecule has 1 aliphatic heterocycles. The van der Waals surface area contributed by atoms with Gasteiger partial charge in [0.05, 0.1) is 5.92 Å². The number of nitrogens with one attached hydrogen (secondary N) is 1. The molecule has 4 nitrogen and oxygen atoms in total. The van der Waals surface area contributed by atoms with Gasteiger partial charge in [0.1, 0.15) is 0 Å². The van der Waals surface area contributed by atoms with Crippen molar-refractivity contribution in [2.75, 3.05) is 26.2 Å². The molecule has 0 aliphatic carbocycles. The second-order valence-electron chi connectivity index (χ2n) is 5.40. The summed E-state index contributed by atoms with van der Waals surface area (Å²) in [5.74, 6) is 0.966. The van der Waals surface area contributed by atoms with Crippen molar-refractivity contribution in [3.05, 3.63) is 0 Å². The summed E-state index contributed by atoms with van der Waals surface area (Å²) in [4.78, 5) is 14.3. The van der Waals surface area contributed by atoms with Crippen molar-refractivity contribution >= 4 is 5.91 Å². The van der Waals surface area contributed by atoms with Crippen LogP contribution in [-0.4, -0.2) is 43.0 Å². The highest BCUT2D eigenvalue weighted by Crippen LogP contribution is 2.21. The number of likely N-dealkylation sites (tertiary alicyclic amines) is 1. The number of hydrogen-bond acceptors (Lipinski definition) is 3. The second-order valence-corrected chi connectivity index (χ2v) is 5.40. The average Bonchev–Trinajstić information content (AvgIpc) is 2.35. The number of carbonyl (C=O) groups is 1. The lowest BCUT2D eigenvalue weighted by Crippen LogP contribution is -2.48. The Kier molecular flexibility index (Phi) is 5.92. The van der Waals surface area contributed by atoms with Crippen molar-refractivity contribution in [3.8, 4) is 0 Å². The number of piperidine rings is 1. The van der Waals surface area contributed by atoms with E-state index in [9.17, 15) is 4.79 Å². The zero-order valence-electron chi connectivity index (χ0n) is 11.4. The summed E-state index contributed by atoms with van der Waals surface area (Å²) >= 11 is 0. The number of nitrogens with two attached hydrogens (primary N) is 1. The standard InChI is InChI=1S/C13H27N3O/c1-10(2)11(3)16-8-4-5-12(9-16)13(17)15-7-6-14/h10-12H,4-9,14H2,1-3H3,(H,15,17). The molecule has 3 N–H and O–H groups in total. The van der Waals surface area contributed by atoms with Gasteiger partial charge >= 0.3 is 0 Å². The van der Waals surface area contributed by atoms with Crippen molar-refractivity contribution in [1.82, 2.24) is 10.2 Å². The maximum atomic E-state index is 11.9. The van der Waals surface area contributed by atoms with Crippen LogP contribution in [0.3, 0.4) is 0 Å². The molecule has 0 aromatic carbocycles. The molecule has 0 bridgehead atoms. The van der Waals surface area contributed by atoms with E-state index in [1.807, 2.05) is 0 Å². The van der Waals surface area contributed by atoms with E-state index in [2.05, 4.69) is 31.0 Å². The first-order valence-corrected chi connectivity index (χ1v) is 6.78. The van der Waals surface area contributed by atoms with Crippen LogP contribution in [-0.2, 0) is 4.79 Å². The Bertz CT molecular complexity index is 243. The highest BCUT2D eigenvalue weighted by atomic mass is 16.1. The smallest absolute Gasteiger partial charge is 0.224 e. The summed E-state index contributed by atoms with van der Waals surface area (Å²) in [7, 11) is 0. The van der Waals surface area contributed by atoms with Crippen molar-refractivity contribution < 1.29 is 4.79 Å². The molecule has 17 heavy (non-hydrogen) atoms. The maximum Gasteiger partial charge on any atom is 0.224 e. The van der Waals surface area contributed by atoms with E-state index < -0.39 is 0 Å². The highest BCUT2D eigenvalue weighted by molar-refractivity contribution is 5.78. The van der Waals surface area contributed by atoms with Gasteiger partial charge in [-0.25, -0.2) is 0 Å². The molecular formula is C13H27N3O. The third-order valence-electron chi connectivity index (χ3n) is 3.81. The van der Waals surface area contributed by atoms with Crippen LogP contribution < -0.4 is 11.1 Å². The molecule has 0 radical (unpaired) electrons. The molecule has 1 fully saturated rings. The average molecular weight is 241 g/mol. The molecule has 1 amide bonds. The fourth-order valence-electron chi connectivity index (χ4n) is 2.35. The van der Waals surface area contributed by atoms with Gasteiger partial charge in [-0.15, -0.1) is 0 Å². The molecule has 1 saturated heterocycles. The Morgan fingerprint density at radius 1 is 1.47 bits per heavy atom. The molecule has 4 heteroatoms. The Hall–Kier alpha value is -0.610. The fraction of sp³-hybridized carbons (Fsp3) is 0.923. The molecule has 1 heterocycles. The van der Waals surface area contributed by atoms with E-state index >= 15 is 0 Å². The summed E-state index contributed by atoms with van der Waals surface area (Å²) in [6.45, 7) is 9.87. The van der Waals surface area contributed by atoms with Crippen LogP contribution in [0.2, 0.25) is 0 Å². The first-order chi connectivity index (χ1) is 8.06. The van der Waals surface area contributed by atoms with Crippen LogP contribution in [0.4, 0.5) is 0 Å². The van der Waals surface area contributed by atoms with E-state index in [-0.39, 0.29) is 11.8 Å². The topological polar surface area (TPSA) is 58.4 Å². The van der Waals surface area contributed by atoms with Crippen LogP contribution in [0, 0.1) is 11.8 Å². The van der Waals surface area contributed by atoms with Crippen molar-refractivity contribution in [2.45, 2.75) is 39.7 Å². The van der Waals surface area contributed by atoms with Crippen LogP contribution in [0.1, 0.15) is 33.6 Å². The van der Waals surface area contributed by atoms with Gasteiger partial charge in [-0.2, -0.15) is 0 Å². The van der Waals surface area contributed by atoms with Crippen LogP contribution in [0.25, 0.3) is 0 Å². The lowest BCUT2D eigenvalue weighted by atomic mass is 9.93. The quantitative estimate of drug-likeness (QED) is 0.749. The molecule has 0 spiro atoms. The fourth-order valence-corrected chi connectivity index (χ4v) is 2.35. The largest absolute Gasteiger partial charge is 0.355 e. The van der Waals surface area contributed by atoms with Crippen LogP contribution >= 0.6 is 0 Å². The number of amides is 1. The Morgan fingerprint density at radius 3 is 2.76 bits per heavy atom. The number of nitrogens with zero attached hydrogens (tertiary/aromatic N) is 1. The Balaban J connectivity index is 2.45. The van der Waals surface area contributed by atoms with Gasteiger partial charge in [-0.1, -0.05) is 13.8 Å². The molecule has 2 atom stereocenters. The molecule has 1 aliphatic rings. The predicted octanol–water partition coefficient (Wildman–Crippen LogP) is 0.818. The molecule has 0 saturated carbocycles. The molecule has 0 aromatic rings. The van der Waals surface area contributed by atoms with Gasteiger partial charge in [0.25, 0.3) is 0 Å². The maximum absolute atomic E-state index is 11.9. The van der Waals surface area contributed by atoms with Crippen LogP contribution in [0.5, 0.6) is 0 Å². The number of carbonyl (C=O) groups excluding carboxylic acids is 1. The number of hydrogen-bond donors (Lipinski definition) is 2. The summed E-state index contributed by atoms with van der Waals surface area (Å²) in [5, 5.41) is 2.90. The molecule has 0 aromatic heterocycles. The SMILES string of the molecule is CC(C)C(C)N1CCCC(C(=O)NCCN)C1. The zero-order valence-corrected chi connectivity index (χ0v) is 11.4. The summed E-state index contributed by atoms with van der Waals surface area (Å²) in [6, 6.07) is 0.556. The van der Waals surface area contributed by atoms with Gasteiger partial charge in [0.2, 0.25) is 5.91 Å². The number of rotatable bonds is 5. The molecule has 2 unspecified atom stereocenters. The first-order valence-electron chi connectivity index (χ1n) is 6.78. The van der Waals surface area contributed by atoms with E-state index in [1.165, 1.54) is 0 Å². The molecule has 100 valence electrons. The van der Waals surface area contributed by atoms with Gasteiger partial charge in [-0.3, -0.25) is 9.69 Å². The molecule has 1 rings (SSSR count).